The maximum atomic E-state index is 6.05. The van der Waals surface area contributed by atoms with Crippen molar-refractivity contribution in [2.45, 2.75) is 45.7 Å². The summed E-state index contributed by atoms with van der Waals surface area (Å²) in [5, 5.41) is 1.34. The largest absolute Gasteiger partial charge is 0.467 e. The van der Waals surface area contributed by atoms with E-state index in [0.717, 1.165) is 29.9 Å². The van der Waals surface area contributed by atoms with Gasteiger partial charge in [-0.15, -0.1) is 0 Å². The van der Waals surface area contributed by atoms with Gasteiger partial charge in [-0.25, -0.2) is 0 Å². The molecule has 0 aliphatic heterocycles. The molecule has 0 saturated heterocycles. The monoisotopic (exact) mass is 461 g/mol. The minimum Gasteiger partial charge on any atom is -0.467 e. The summed E-state index contributed by atoms with van der Waals surface area (Å²) in [6.45, 7) is 9.21. The van der Waals surface area contributed by atoms with Crippen LogP contribution in [0, 0.1) is 13.8 Å². The highest BCUT2D eigenvalue weighted by Gasteiger charge is 2.34. The van der Waals surface area contributed by atoms with Gasteiger partial charge in [0.05, 0.1) is 5.71 Å². The Labute approximate surface area is 201 Å². The summed E-state index contributed by atoms with van der Waals surface area (Å²) in [4.78, 5) is 4.74. The number of ether oxygens (including phenoxy) is 2. The molecule has 174 valence electrons. The molecule has 0 amide bonds. The van der Waals surface area contributed by atoms with Crippen molar-refractivity contribution in [1.82, 2.24) is 0 Å². The Kier molecular flexibility index (Phi) is 8.83. The predicted octanol–water partition coefficient (Wildman–Crippen LogP) is 6.77. The van der Waals surface area contributed by atoms with E-state index in [1.807, 2.05) is 13.1 Å². The minimum absolute atomic E-state index is 0.0362. The zero-order valence-corrected chi connectivity index (χ0v) is 21.7. The van der Waals surface area contributed by atoms with Crippen molar-refractivity contribution in [2.75, 3.05) is 21.0 Å². The number of nitrogens with zero attached hydrogens (tertiary/aromatic N) is 1. The van der Waals surface area contributed by atoms with Crippen LogP contribution in [0.3, 0.4) is 0 Å². The van der Waals surface area contributed by atoms with E-state index < -0.39 is 0 Å². The van der Waals surface area contributed by atoms with Crippen LogP contribution in [0.2, 0.25) is 0 Å². The lowest BCUT2D eigenvalue weighted by Crippen LogP contribution is -2.26. The van der Waals surface area contributed by atoms with Gasteiger partial charge in [-0.3, -0.25) is 4.99 Å². The lowest BCUT2D eigenvalue weighted by Gasteiger charge is -2.35. The molecular weight excluding hydrogens is 425 g/mol. The minimum atomic E-state index is -0.0362. The molecular formula is C29H36NO2P. The summed E-state index contributed by atoms with van der Waals surface area (Å²) in [5.74, 6) is 0.918. The van der Waals surface area contributed by atoms with Crippen LogP contribution in [0.1, 0.15) is 54.5 Å². The number of rotatable bonds is 10. The van der Waals surface area contributed by atoms with Crippen molar-refractivity contribution in [3.63, 3.8) is 0 Å². The van der Waals surface area contributed by atoms with Gasteiger partial charge < -0.3 is 9.47 Å². The second-order valence-electron chi connectivity index (χ2n) is 8.40. The summed E-state index contributed by atoms with van der Waals surface area (Å²) in [5.41, 5.74) is 7.24. The molecule has 3 aromatic carbocycles. The lowest BCUT2D eigenvalue weighted by atomic mass is 9.90. The van der Waals surface area contributed by atoms with E-state index in [0.29, 0.717) is 8.58 Å². The average molecular weight is 462 g/mol. The smallest absolute Gasteiger partial charge is 0.188 e. The van der Waals surface area contributed by atoms with E-state index in [1.54, 1.807) is 7.11 Å². The van der Waals surface area contributed by atoms with E-state index in [9.17, 15) is 0 Å². The fourth-order valence-electron chi connectivity index (χ4n) is 4.41. The number of benzene rings is 3. The van der Waals surface area contributed by atoms with Gasteiger partial charge in [-0.2, -0.15) is 0 Å². The Balaban J connectivity index is 2.16. The first-order valence-electron chi connectivity index (χ1n) is 11.6. The second kappa shape index (κ2) is 11.6. The molecule has 3 nitrogen and oxygen atoms in total. The first-order chi connectivity index (χ1) is 16.0. The average Bonchev–Trinajstić information content (AvgIpc) is 2.84. The van der Waals surface area contributed by atoms with Crippen molar-refractivity contribution in [3.05, 3.63) is 94.5 Å². The van der Waals surface area contributed by atoms with E-state index in [4.69, 9.17) is 14.5 Å². The summed E-state index contributed by atoms with van der Waals surface area (Å²) >= 11 is 0. The molecule has 0 saturated carbocycles. The molecule has 33 heavy (non-hydrogen) atoms. The molecule has 0 aromatic heterocycles. The first-order valence-corrected chi connectivity index (χ1v) is 12.6. The van der Waals surface area contributed by atoms with Crippen LogP contribution >= 0.6 is 8.58 Å². The van der Waals surface area contributed by atoms with Crippen LogP contribution in [0.15, 0.2) is 71.7 Å². The molecule has 0 radical (unpaired) electrons. The number of aliphatic imine (C=N–C) groups is 1. The van der Waals surface area contributed by atoms with Gasteiger partial charge in [0.1, 0.15) is 5.75 Å². The molecule has 4 heteroatoms. The maximum Gasteiger partial charge on any atom is 0.188 e. The summed E-state index contributed by atoms with van der Waals surface area (Å²) in [7, 11) is 4.13. The van der Waals surface area contributed by atoms with Crippen molar-refractivity contribution in [3.8, 4) is 5.75 Å². The Hall–Kier alpha value is -2.48. The molecule has 1 atom stereocenters. The van der Waals surface area contributed by atoms with Gasteiger partial charge in [0.25, 0.3) is 0 Å². The summed E-state index contributed by atoms with van der Waals surface area (Å²) in [6.07, 6.45) is 2.04. The van der Waals surface area contributed by atoms with E-state index >= 15 is 0 Å². The molecule has 3 rings (SSSR count). The molecule has 1 unspecified atom stereocenters. The molecule has 0 N–H and O–H groups in total. The molecule has 0 bridgehead atoms. The van der Waals surface area contributed by atoms with Gasteiger partial charge in [-0.1, -0.05) is 88.7 Å². The molecule has 0 aliphatic rings. The van der Waals surface area contributed by atoms with Crippen molar-refractivity contribution >= 4 is 19.6 Å². The highest BCUT2D eigenvalue weighted by molar-refractivity contribution is 7.49. The topological polar surface area (TPSA) is 30.8 Å². The highest BCUT2D eigenvalue weighted by atomic mass is 31.1. The van der Waals surface area contributed by atoms with Crippen molar-refractivity contribution in [2.24, 2.45) is 4.99 Å². The third-order valence-corrected chi connectivity index (χ3v) is 8.72. The Morgan fingerprint density at radius 1 is 0.939 bits per heavy atom. The van der Waals surface area contributed by atoms with Crippen LogP contribution in [0.25, 0.3) is 0 Å². The standard InChI is InChI=1S/C29H36NO2P/c1-7-29(8-2,25-19-21(3)17-18-26(25)32-20-31-6)33-28-22(4)13-12-16-24(28)27(30-5)23-14-10-9-11-15-23/h9-19,33H,7-8,20H2,1-6H3/b30-27+. The molecule has 3 aromatic rings. The van der Waals surface area contributed by atoms with Crippen LogP contribution in [-0.4, -0.2) is 26.7 Å². The van der Waals surface area contributed by atoms with Crippen molar-refractivity contribution < 1.29 is 9.47 Å². The van der Waals surface area contributed by atoms with Gasteiger partial charge >= 0.3 is 0 Å². The summed E-state index contributed by atoms with van der Waals surface area (Å²) < 4.78 is 11.3. The van der Waals surface area contributed by atoms with Gasteiger partial charge in [0.2, 0.25) is 0 Å². The molecule has 0 aliphatic carbocycles. The lowest BCUT2D eigenvalue weighted by molar-refractivity contribution is 0.0499. The molecule has 0 spiro atoms. The van der Waals surface area contributed by atoms with Crippen LogP contribution < -0.4 is 10.0 Å². The maximum absolute atomic E-state index is 6.05. The molecule has 0 fully saturated rings. The fourth-order valence-corrected chi connectivity index (χ4v) is 6.19. The Morgan fingerprint density at radius 3 is 2.30 bits per heavy atom. The quantitative estimate of drug-likeness (QED) is 0.189. The van der Waals surface area contributed by atoms with Gasteiger partial charge in [0.15, 0.2) is 6.79 Å². The SMILES string of the molecule is CCC(CC)(Pc1c(C)cccc1/C(=N/C)c1ccccc1)c1cc(C)ccc1OCOC. The normalized spacial score (nSPS) is 12.5. The van der Waals surface area contributed by atoms with Crippen LogP contribution in [-0.2, 0) is 9.89 Å². The third kappa shape index (κ3) is 5.54. The number of hydrogen-bond acceptors (Lipinski definition) is 3. The van der Waals surface area contributed by atoms with Crippen molar-refractivity contribution in [1.29, 1.82) is 0 Å². The van der Waals surface area contributed by atoms with E-state index in [-0.39, 0.29) is 11.9 Å². The van der Waals surface area contributed by atoms with Gasteiger partial charge in [0, 0.05) is 36.0 Å². The zero-order chi connectivity index (χ0) is 23.8. The zero-order valence-electron chi connectivity index (χ0n) is 20.7. The second-order valence-corrected chi connectivity index (χ2v) is 10.1. The highest BCUT2D eigenvalue weighted by Crippen LogP contribution is 2.51. The number of methoxy groups -OCH3 is 1. The molecule has 0 heterocycles. The van der Waals surface area contributed by atoms with E-state index in [1.165, 1.54) is 27.6 Å². The predicted molar refractivity (Wildman–Crippen MR) is 143 cm³/mol. The summed E-state index contributed by atoms with van der Waals surface area (Å²) in [6, 6.07) is 23.6. The van der Waals surface area contributed by atoms with E-state index in [2.05, 4.69) is 88.4 Å². The Morgan fingerprint density at radius 2 is 1.67 bits per heavy atom. The first kappa shape index (κ1) is 25.1. The van der Waals surface area contributed by atoms with Crippen LogP contribution in [0.4, 0.5) is 0 Å². The number of hydrogen-bond donors (Lipinski definition) is 0. The number of aryl methyl sites for hydroxylation is 2. The third-order valence-electron chi connectivity index (χ3n) is 6.35. The Bertz CT molecular complexity index is 1090. The van der Waals surface area contributed by atoms with Crippen LogP contribution in [0.5, 0.6) is 5.75 Å². The fraction of sp³-hybridized carbons (Fsp3) is 0.345. The van der Waals surface area contributed by atoms with Gasteiger partial charge in [-0.05, 0) is 43.6 Å².